The Morgan fingerprint density at radius 3 is 2.84 bits per heavy atom. The number of hydrogen-bond acceptors (Lipinski definition) is 6. The Morgan fingerprint density at radius 1 is 1.24 bits per heavy atom. The van der Waals surface area contributed by atoms with Gasteiger partial charge in [0.1, 0.15) is 18.5 Å². The first-order chi connectivity index (χ1) is 12.2. The molecular weight excluding hydrogens is 318 g/mol. The number of rotatable bonds is 3. The Balaban J connectivity index is 1.69. The van der Waals surface area contributed by atoms with Crippen LogP contribution in [0.4, 0.5) is 5.95 Å². The molecule has 1 aliphatic heterocycles. The molecule has 3 heterocycles. The van der Waals surface area contributed by atoms with Crippen LogP contribution >= 0.6 is 0 Å². The van der Waals surface area contributed by atoms with Crippen molar-refractivity contribution in [1.29, 1.82) is 0 Å². The summed E-state index contributed by atoms with van der Waals surface area (Å²) >= 11 is 0. The average Bonchev–Trinajstić information content (AvgIpc) is 3.10. The molecule has 1 N–H and O–H groups in total. The van der Waals surface area contributed by atoms with Crippen molar-refractivity contribution in [3.05, 3.63) is 47.7 Å². The van der Waals surface area contributed by atoms with Gasteiger partial charge in [-0.05, 0) is 44.7 Å². The fourth-order valence-electron chi connectivity index (χ4n) is 3.56. The van der Waals surface area contributed by atoms with Crippen LogP contribution in [0.25, 0.3) is 0 Å². The van der Waals surface area contributed by atoms with Gasteiger partial charge in [-0.1, -0.05) is 12.5 Å². The number of aromatic nitrogens is 4. The van der Waals surface area contributed by atoms with Gasteiger partial charge in [0, 0.05) is 11.9 Å². The summed E-state index contributed by atoms with van der Waals surface area (Å²) in [7, 11) is 0. The smallest absolute Gasteiger partial charge is 0.338 e. The van der Waals surface area contributed by atoms with Gasteiger partial charge in [-0.2, -0.15) is 10.1 Å². The molecule has 130 valence electrons. The van der Waals surface area contributed by atoms with E-state index in [1.165, 1.54) is 12.7 Å². The lowest BCUT2D eigenvalue weighted by Gasteiger charge is -2.29. The van der Waals surface area contributed by atoms with Crippen LogP contribution in [0.15, 0.2) is 42.0 Å². The van der Waals surface area contributed by atoms with Gasteiger partial charge in [-0.3, -0.25) is 4.98 Å². The van der Waals surface area contributed by atoms with E-state index in [0.29, 0.717) is 11.5 Å². The predicted octanol–water partition coefficient (Wildman–Crippen LogP) is 2.84. The average molecular weight is 339 g/mol. The number of carbonyl (C=O) groups excluding carboxylic acids is 1. The summed E-state index contributed by atoms with van der Waals surface area (Å²) in [6.07, 6.45) is 8.52. The van der Waals surface area contributed by atoms with E-state index in [1.807, 2.05) is 25.1 Å². The van der Waals surface area contributed by atoms with E-state index < -0.39 is 6.04 Å². The van der Waals surface area contributed by atoms with E-state index >= 15 is 0 Å². The largest absolute Gasteiger partial charge is 0.459 e. The molecule has 0 spiro atoms. The topological polar surface area (TPSA) is 81.9 Å². The molecule has 2 aliphatic rings. The normalized spacial score (nSPS) is 20.8. The maximum Gasteiger partial charge on any atom is 0.338 e. The van der Waals surface area contributed by atoms with Crippen LogP contribution in [0.3, 0.4) is 0 Å². The zero-order valence-electron chi connectivity index (χ0n) is 14.2. The molecule has 2 aromatic rings. The maximum atomic E-state index is 13.0. The van der Waals surface area contributed by atoms with Crippen LogP contribution in [0.2, 0.25) is 0 Å². The fraction of sp³-hybridized carbons (Fsp3) is 0.444. The highest BCUT2D eigenvalue weighted by Crippen LogP contribution is 2.35. The van der Waals surface area contributed by atoms with Crippen LogP contribution in [-0.2, 0) is 9.53 Å². The second-order valence-electron chi connectivity index (χ2n) is 6.51. The molecule has 1 saturated carbocycles. The van der Waals surface area contributed by atoms with Crippen LogP contribution in [0, 0.1) is 0 Å². The zero-order chi connectivity index (χ0) is 17.2. The summed E-state index contributed by atoms with van der Waals surface area (Å²) in [6.45, 7) is 1.87. The van der Waals surface area contributed by atoms with Gasteiger partial charge in [0.25, 0.3) is 0 Å². The molecule has 4 rings (SSSR count). The molecule has 1 aliphatic carbocycles. The molecule has 1 atom stereocenters. The number of carbonyl (C=O) groups is 1. The fourth-order valence-corrected chi connectivity index (χ4v) is 3.56. The summed E-state index contributed by atoms with van der Waals surface area (Å²) in [6, 6.07) is 5.21. The first kappa shape index (κ1) is 15.8. The van der Waals surface area contributed by atoms with Gasteiger partial charge in [0.05, 0.1) is 11.3 Å². The summed E-state index contributed by atoms with van der Waals surface area (Å²) < 4.78 is 7.51. The lowest BCUT2D eigenvalue weighted by Crippen LogP contribution is -2.32. The van der Waals surface area contributed by atoms with E-state index in [-0.39, 0.29) is 12.1 Å². The summed E-state index contributed by atoms with van der Waals surface area (Å²) in [4.78, 5) is 21.6. The third-order valence-electron chi connectivity index (χ3n) is 4.81. The van der Waals surface area contributed by atoms with Crippen molar-refractivity contribution in [3.63, 3.8) is 0 Å². The number of ether oxygens (including phenoxy) is 1. The second kappa shape index (κ2) is 6.66. The molecule has 2 aromatic heterocycles. The molecule has 1 fully saturated rings. The van der Waals surface area contributed by atoms with Gasteiger partial charge >= 0.3 is 5.97 Å². The minimum atomic E-state index is -0.434. The first-order valence-corrected chi connectivity index (χ1v) is 8.73. The summed E-state index contributed by atoms with van der Waals surface area (Å²) in [5.74, 6) is 0.302. The molecule has 0 aromatic carbocycles. The number of nitrogens with zero attached hydrogens (tertiary/aromatic N) is 4. The van der Waals surface area contributed by atoms with Gasteiger partial charge < -0.3 is 10.1 Å². The number of fused-ring (bicyclic) bond motifs is 1. The molecule has 25 heavy (non-hydrogen) atoms. The van der Waals surface area contributed by atoms with Gasteiger partial charge in [-0.25, -0.2) is 9.48 Å². The van der Waals surface area contributed by atoms with Crippen molar-refractivity contribution >= 4 is 11.9 Å². The number of allylic oxidation sites excluding steroid dienone is 1. The third kappa shape index (κ3) is 3.01. The second-order valence-corrected chi connectivity index (χ2v) is 6.51. The molecule has 0 bridgehead atoms. The van der Waals surface area contributed by atoms with Crippen molar-refractivity contribution in [1.82, 2.24) is 19.7 Å². The molecule has 7 heteroatoms. The Labute approximate surface area is 146 Å². The summed E-state index contributed by atoms with van der Waals surface area (Å²) in [5, 5.41) is 7.44. The Bertz CT molecular complexity index is 793. The third-order valence-corrected chi connectivity index (χ3v) is 4.81. The van der Waals surface area contributed by atoms with Crippen molar-refractivity contribution < 1.29 is 9.53 Å². The lowest BCUT2D eigenvalue weighted by atomic mass is 9.96. The lowest BCUT2D eigenvalue weighted by molar-refractivity contribution is -0.146. The minimum Gasteiger partial charge on any atom is -0.459 e. The van der Waals surface area contributed by atoms with Gasteiger partial charge in [0.15, 0.2) is 0 Å². The predicted molar refractivity (Wildman–Crippen MR) is 91.7 cm³/mol. The van der Waals surface area contributed by atoms with E-state index in [4.69, 9.17) is 4.74 Å². The van der Waals surface area contributed by atoms with Crippen LogP contribution in [-0.4, -0.2) is 31.8 Å². The Morgan fingerprint density at radius 2 is 2.08 bits per heavy atom. The molecule has 0 radical (unpaired) electrons. The standard InChI is InChI=1S/C18H21N5O2/c1-12-15(17(24)25-13-7-3-2-4-8-13)16(14-9-5-6-10-19-14)23-18(22-12)20-11-21-23/h5-6,9-11,13,16H,2-4,7-8H2,1H3,(H,20,21,22). The van der Waals surface area contributed by atoms with Crippen molar-refractivity contribution in [2.24, 2.45) is 0 Å². The van der Waals surface area contributed by atoms with E-state index in [0.717, 1.165) is 37.1 Å². The quantitative estimate of drug-likeness (QED) is 0.866. The number of hydrogen-bond donors (Lipinski definition) is 1. The Kier molecular flexibility index (Phi) is 4.21. The van der Waals surface area contributed by atoms with Crippen molar-refractivity contribution in [2.75, 3.05) is 5.32 Å². The molecular formula is C18H21N5O2. The maximum absolute atomic E-state index is 13.0. The number of esters is 1. The SMILES string of the molecule is CC1=C(C(=O)OC2CCCCC2)C(c2ccccn2)n2ncnc2N1. The first-order valence-electron chi connectivity index (χ1n) is 8.73. The molecule has 1 unspecified atom stereocenters. The zero-order valence-corrected chi connectivity index (χ0v) is 14.2. The van der Waals surface area contributed by atoms with Crippen molar-refractivity contribution in [3.8, 4) is 0 Å². The van der Waals surface area contributed by atoms with Crippen LogP contribution in [0.5, 0.6) is 0 Å². The Hall–Kier alpha value is -2.70. The minimum absolute atomic E-state index is 0.00285. The van der Waals surface area contributed by atoms with E-state index in [9.17, 15) is 4.79 Å². The summed E-state index contributed by atoms with van der Waals surface area (Å²) in [5.41, 5.74) is 2.02. The number of anilines is 1. The number of pyridine rings is 1. The highest BCUT2D eigenvalue weighted by molar-refractivity contribution is 5.92. The molecule has 7 nitrogen and oxygen atoms in total. The van der Waals surface area contributed by atoms with E-state index in [1.54, 1.807) is 10.9 Å². The van der Waals surface area contributed by atoms with E-state index in [2.05, 4.69) is 20.4 Å². The highest BCUT2D eigenvalue weighted by atomic mass is 16.5. The molecule has 0 amide bonds. The van der Waals surface area contributed by atoms with Gasteiger partial charge in [0.2, 0.25) is 5.95 Å². The monoisotopic (exact) mass is 339 g/mol. The molecule has 0 saturated heterocycles. The number of nitrogens with one attached hydrogen (secondary N) is 1. The van der Waals surface area contributed by atoms with Crippen LogP contribution < -0.4 is 5.32 Å². The highest BCUT2D eigenvalue weighted by Gasteiger charge is 2.36. The van der Waals surface area contributed by atoms with Gasteiger partial charge in [-0.15, -0.1) is 0 Å². The van der Waals surface area contributed by atoms with Crippen molar-refractivity contribution in [2.45, 2.75) is 51.2 Å². The van der Waals surface area contributed by atoms with Crippen LogP contribution in [0.1, 0.15) is 50.8 Å².